The molecule has 20 heavy (non-hydrogen) atoms. The van der Waals surface area contributed by atoms with E-state index >= 15 is 0 Å². The number of carbonyl (C=O) groups excluding carboxylic acids is 1. The van der Waals surface area contributed by atoms with E-state index in [4.69, 9.17) is 0 Å². The maximum Gasteiger partial charge on any atom is 0.357 e. The van der Waals surface area contributed by atoms with Crippen molar-refractivity contribution in [1.82, 2.24) is 4.98 Å². The average molecular weight is 298 g/mol. The highest BCUT2D eigenvalue weighted by molar-refractivity contribution is 7.15. The van der Waals surface area contributed by atoms with Crippen LogP contribution in [0.3, 0.4) is 0 Å². The van der Waals surface area contributed by atoms with Gasteiger partial charge in [0.05, 0.1) is 12.8 Å². The van der Waals surface area contributed by atoms with Crippen LogP contribution in [0, 0.1) is 25.5 Å². The minimum atomic E-state index is -0.587. The molecule has 0 spiro atoms. The van der Waals surface area contributed by atoms with Crippen LogP contribution in [0.25, 0.3) is 0 Å². The maximum atomic E-state index is 13.7. The van der Waals surface area contributed by atoms with Crippen molar-refractivity contribution in [1.29, 1.82) is 0 Å². The summed E-state index contributed by atoms with van der Waals surface area (Å²) in [6, 6.07) is 2.15. The molecule has 2 rings (SSSR count). The number of carbonyl (C=O) groups is 1. The minimum Gasteiger partial charge on any atom is -0.464 e. The number of nitrogens with zero attached hydrogens (tertiary/aromatic N) is 1. The molecule has 1 N–H and O–H groups in total. The van der Waals surface area contributed by atoms with Crippen molar-refractivity contribution in [3.8, 4) is 0 Å². The van der Waals surface area contributed by atoms with Crippen molar-refractivity contribution < 1.29 is 18.3 Å². The topological polar surface area (TPSA) is 51.2 Å². The zero-order valence-corrected chi connectivity index (χ0v) is 11.9. The fraction of sp³-hybridized carbons (Fsp3) is 0.231. The molecular formula is C13H12F2N2O2S. The third kappa shape index (κ3) is 2.77. The Morgan fingerprint density at radius 1 is 1.30 bits per heavy atom. The predicted octanol–water partition coefficient (Wildman–Crippen LogP) is 3.57. The molecule has 0 unspecified atom stereocenters. The van der Waals surface area contributed by atoms with Gasteiger partial charge in [-0.1, -0.05) is 0 Å². The highest BCUT2D eigenvalue weighted by atomic mass is 32.1. The Labute approximate surface area is 118 Å². The number of aryl methyl sites for hydroxylation is 2. The van der Waals surface area contributed by atoms with E-state index in [1.807, 2.05) is 0 Å². The summed E-state index contributed by atoms with van der Waals surface area (Å²) >= 11 is 1.16. The molecule has 2 aromatic rings. The Morgan fingerprint density at radius 3 is 2.65 bits per heavy atom. The molecule has 7 heteroatoms. The van der Waals surface area contributed by atoms with E-state index in [2.05, 4.69) is 15.0 Å². The molecule has 0 amide bonds. The third-order valence-electron chi connectivity index (χ3n) is 2.67. The monoisotopic (exact) mass is 298 g/mol. The van der Waals surface area contributed by atoms with E-state index < -0.39 is 17.6 Å². The first-order valence-electron chi connectivity index (χ1n) is 5.70. The SMILES string of the molecule is COC(=O)c1nc(Nc2cc(F)c(C)cc2F)sc1C. The van der Waals surface area contributed by atoms with E-state index in [1.54, 1.807) is 6.92 Å². The fourth-order valence-electron chi connectivity index (χ4n) is 1.59. The summed E-state index contributed by atoms with van der Waals surface area (Å²) in [6.45, 7) is 3.17. The molecule has 0 saturated carbocycles. The van der Waals surface area contributed by atoms with Crippen LogP contribution in [0.2, 0.25) is 0 Å². The second-order valence-corrected chi connectivity index (χ2v) is 5.32. The number of thiazole rings is 1. The van der Waals surface area contributed by atoms with Crippen molar-refractivity contribution in [2.24, 2.45) is 0 Å². The first-order valence-corrected chi connectivity index (χ1v) is 6.52. The molecule has 0 aliphatic carbocycles. The number of rotatable bonds is 3. The van der Waals surface area contributed by atoms with Crippen LogP contribution in [-0.2, 0) is 4.74 Å². The van der Waals surface area contributed by atoms with Crippen molar-refractivity contribution >= 4 is 28.1 Å². The van der Waals surface area contributed by atoms with Gasteiger partial charge >= 0.3 is 5.97 Å². The summed E-state index contributed by atoms with van der Waals surface area (Å²) in [5.74, 6) is -1.67. The minimum absolute atomic E-state index is 0.0294. The number of esters is 1. The van der Waals surface area contributed by atoms with Gasteiger partial charge in [-0.25, -0.2) is 18.6 Å². The lowest BCUT2D eigenvalue weighted by Crippen LogP contribution is -2.03. The van der Waals surface area contributed by atoms with E-state index in [0.29, 0.717) is 10.0 Å². The molecule has 0 aliphatic heterocycles. The smallest absolute Gasteiger partial charge is 0.357 e. The quantitative estimate of drug-likeness (QED) is 0.880. The molecular weight excluding hydrogens is 286 g/mol. The summed E-state index contributed by atoms with van der Waals surface area (Å²) in [6.07, 6.45) is 0. The summed E-state index contributed by atoms with van der Waals surface area (Å²) in [4.78, 5) is 16.1. The lowest BCUT2D eigenvalue weighted by molar-refractivity contribution is 0.0594. The van der Waals surface area contributed by atoms with Crippen LogP contribution < -0.4 is 5.32 Å². The summed E-state index contributed by atoms with van der Waals surface area (Å²) in [5.41, 5.74) is 0.352. The first kappa shape index (κ1) is 14.4. The number of aromatic nitrogens is 1. The third-order valence-corrected chi connectivity index (χ3v) is 3.55. The molecule has 0 radical (unpaired) electrons. The Hall–Kier alpha value is -2.02. The normalized spacial score (nSPS) is 10.4. The molecule has 106 valence electrons. The van der Waals surface area contributed by atoms with Gasteiger partial charge in [0.1, 0.15) is 11.6 Å². The van der Waals surface area contributed by atoms with Gasteiger partial charge in [-0.2, -0.15) is 0 Å². The standard InChI is InChI=1S/C13H12F2N2O2S/c1-6-4-9(15)10(5-8(6)14)16-13-17-11(7(2)20-13)12(18)19-3/h4-5H,1-3H3,(H,16,17). The lowest BCUT2D eigenvalue weighted by atomic mass is 10.2. The van der Waals surface area contributed by atoms with Gasteiger partial charge in [-0.15, -0.1) is 11.3 Å². The Morgan fingerprint density at radius 2 is 2.00 bits per heavy atom. The number of hydrogen-bond donors (Lipinski definition) is 1. The molecule has 0 saturated heterocycles. The Bertz CT molecular complexity index is 671. The van der Waals surface area contributed by atoms with Gasteiger partial charge in [-0.05, 0) is 25.5 Å². The molecule has 0 atom stereocenters. The summed E-state index contributed by atoms with van der Waals surface area (Å²) < 4.78 is 31.7. The van der Waals surface area contributed by atoms with Gasteiger partial charge in [-0.3, -0.25) is 0 Å². The predicted molar refractivity (Wildman–Crippen MR) is 72.6 cm³/mol. The highest BCUT2D eigenvalue weighted by Crippen LogP contribution is 2.28. The zero-order valence-electron chi connectivity index (χ0n) is 11.1. The van der Waals surface area contributed by atoms with Crippen LogP contribution >= 0.6 is 11.3 Å². The average Bonchev–Trinajstić information content (AvgIpc) is 2.76. The van der Waals surface area contributed by atoms with Crippen LogP contribution in [0.1, 0.15) is 20.9 Å². The second kappa shape index (κ2) is 5.54. The second-order valence-electron chi connectivity index (χ2n) is 4.12. The summed E-state index contributed by atoms with van der Waals surface area (Å²) in [7, 11) is 1.25. The van der Waals surface area contributed by atoms with E-state index in [1.165, 1.54) is 14.0 Å². The van der Waals surface area contributed by atoms with Crippen molar-refractivity contribution in [2.75, 3.05) is 12.4 Å². The van der Waals surface area contributed by atoms with Gasteiger partial charge < -0.3 is 10.1 Å². The molecule has 1 aromatic heterocycles. The molecule has 0 aliphatic rings. The van der Waals surface area contributed by atoms with E-state index in [9.17, 15) is 13.6 Å². The van der Waals surface area contributed by atoms with E-state index in [-0.39, 0.29) is 16.9 Å². The summed E-state index contributed by atoms with van der Waals surface area (Å²) in [5, 5.41) is 2.96. The number of ether oxygens (including phenoxy) is 1. The van der Waals surface area contributed by atoms with Gasteiger partial charge in [0.2, 0.25) is 0 Å². The maximum absolute atomic E-state index is 13.7. The van der Waals surface area contributed by atoms with Crippen molar-refractivity contribution in [3.63, 3.8) is 0 Å². The number of anilines is 2. The van der Waals surface area contributed by atoms with Crippen LogP contribution in [-0.4, -0.2) is 18.1 Å². The molecule has 0 fully saturated rings. The first-order chi connectivity index (χ1) is 9.42. The number of halogens is 2. The van der Waals surface area contributed by atoms with Crippen LogP contribution in [0.5, 0.6) is 0 Å². The zero-order chi connectivity index (χ0) is 14.9. The highest BCUT2D eigenvalue weighted by Gasteiger charge is 2.17. The molecule has 1 heterocycles. The number of benzene rings is 1. The van der Waals surface area contributed by atoms with Gasteiger partial charge in [0.15, 0.2) is 10.8 Å². The van der Waals surface area contributed by atoms with E-state index in [0.717, 1.165) is 23.5 Å². The largest absolute Gasteiger partial charge is 0.464 e. The van der Waals surface area contributed by atoms with Crippen LogP contribution in [0.4, 0.5) is 19.6 Å². The lowest BCUT2D eigenvalue weighted by Gasteiger charge is -2.06. The van der Waals surface area contributed by atoms with Crippen molar-refractivity contribution in [2.45, 2.75) is 13.8 Å². The van der Waals surface area contributed by atoms with Gasteiger partial charge in [0.25, 0.3) is 0 Å². The van der Waals surface area contributed by atoms with Crippen LogP contribution in [0.15, 0.2) is 12.1 Å². The number of methoxy groups -OCH3 is 1. The van der Waals surface area contributed by atoms with Gasteiger partial charge in [0, 0.05) is 10.9 Å². The Kier molecular flexibility index (Phi) is 3.99. The number of hydrogen-bond acceptors (Lipinski definition) is 5. The number of nitrogens with one attached hydrogen (secondary N) is 1. The molecule has 1 aromatic carbocycles. The van der Waals surface area contributed by atoms with Crippen molar-refractivity contribution in [3.05, 3.63) is 39.9 Å². The molecule has 4 nitrogen and oxygen atoms in total. The molecule has 0 bridgehead atoms. The Balaban J connectivity index is 2.31. The fourth-order valence-corrected chi connectivity index (χ4v) is 2.41.